The highest BCUT2D eigenvalue weighted by Gasteiger charge is 2.42. The van der Waals surface area contributed by atoms with Gasteiger partial charge in [-0.3, -0.25) is 0 Å². The van der Waals surface area contributed by atoms with Gasteiger partial charge < -0.3 is 4.90 Å². The van der Waals surface area contributed by atoms with Crippen molar-refractivity contribution < 1.29 is 0 Å². The van der Waals surface area contributed by atoms with Crippen molar-refractivity contribution in [2.75, 3.05) is 4.90 Å². The summed E-state index contributed by atoms with van der Waals surface area (Å²) in [6.45, 7) is 18.8. The Labute approximate surface area is 204 Å². The Kier molecular flexibility index (Phi) is 4.13. The van der Waals surface area contributed by atoms with Crippen molar-refractivity contribution in [2.45, 2.75) is 71.6 Å². The summed E-state index contributed by atoms with van der Waals surface area (Å²) in [6, 6.07) is 25.7. The highest BCUT2D eigenvalue weighted by molar-refractivity contribution is 6.15. The number of hydrogen-bond donors (Lipinski definition) is 0. The van der Waals surface area contributed by atoms with Crippen LogP contribution in [0.25, 0.3) is 21.9 Å². The molecular weight excluding hydrogens is 410 g/mol. The minimum absolute atomic E-state index is 0.0742. The van der Waals surface area contributed by atoms with Crippen molar-refractivity contribution >= 4 is 27.8 Å². The maximum absolute atomic E-state index is 2.56. The smallest absolute Gasteiger partial charge is 0.0581 e. The van der Waals surface area contributed by atoms with Gasteiger partial charge in [-0.05, 0) is 62.2 Å². The zero-order valence-corrected chi connectivity index (χ0v) is 21.8. The normalized spacial score (nSPS) is 15.8. The summed E-state index contributed by atoms with van der Waals surface area (Å²) in [6.07, 6.45) is 0. The van der Waals surface area contributed by atoms with Crippen molar-refractivity contribution in [1.82, 2.24) is 0 Å². The standard InChI is InChI=1S/C33H35N/c1-31(2,3)21-15-16-27-25(18-21)33(7,8)26-19-22(32(4,5)6)17-24-23-13-9-11-20-12-10-14-28(29(20)23)34(27)30(24)26/h9-19H,1-8H3. The monoisotopic (exact) mass is 445 g/mol. The fourth-order valence-corrected chi connectivity index (χ4v) is 5.94. The Balaban J connectivity index is 1.80. The van der Waals surface area contributed by atoms with Gasteiger partial charge in [0.2, 0.25) is 0 Å². The summed E-state index contributed by atoms with van der Waals surface area (Å²) in [5.74, 6) is 0. The molecule has 0 saturated heterocycles. The minimum Gasteiger partial charge on any atom is -0.309 e. The molecule has 34 heavy (non-hydrogen) atoms. The van der Waals surface area contributed by atoms with Crippen LogP contribution in [0.15, 0.2) is 66.7 Å². The van der Waals surface area contributed by atoms with Gasteiger partial charge >= 0.3 is 0 Å². The van der Waals surface area contributed by atoms with Crippen LogP contribution in [0, 0.1) is 0 Å². The van der Waals surface area contributed by atoms with Crippen molar-refractivity contribution in [3.8, 4) is 11.1 Å². The summed E-state index contributed by atoms with van der Waals surface area (Å²) >= 11 is 0. The third kappa shape index (κ3) is 2.79. The van der Waals surface area contributed by atoms with Crippen LogP contribution in [0.1, 0.15) is 77.6 Å². The van der Waals surface area contributed by atoms with E-state index in [-0.39, 0.29) is 16.2 Å². The molecule has 0 N–H and O–H groups in total. The molecule has 1 heteroatoms. The van der Waals surface area contributed by atoms with E-state index in [4.69, 9.17) is 0 Å². The second-order valence-corrected chi connectivity index (χ2v) is 12.8. The predicted octanol–water partition coefficient (Wildman–Crippen LogP) is 9.52. The molecule has 0 amide bonds. The molecule has 0 spiro atoms. The van der Waals surface area contributed by atoms with E-state index in [2.05, 4.69) is 127 Å². The molecule has 2 aliphatic heterocycles. The molecule has 0 atom stereocenters. The first-order chi connectivity index (χ1) is 15.9. The van der Waals surface area contributed by atoms with Gasteiger partial charge in [0.15, 0.2) is 0 Å². The highest BCUT2D eigenvalue weighted by atomic mass is 15.2. The molecule has 4 aromatic carbocycles. The largest absolute Gasteiger partial charge is 0.309 e. The first kappa shape index (κ1) is 21.5. The van der Waals surface area contributed by atoms with E-state index < -0.39 is 0 Å². The maximum atomic E-state index is 2.56. The second kappa shape index (κ2) is 6.54. The lowest BCUT2D eigenvalue weighted by molar-refractivity contribution is 0.573. The topological polar surface area (TPSA) is 3.24 Å². The van der Waals surface area contributed by atoms with Crippen LogP contribution in [0.4, 0.5) is 17.1 Å². The molecule has 172 valence electrons. The Morgan fingerprint density at radius 2 is 1.26 bits per heavy atom. The van der Waals surface area contributed by atoms with E-state index in [1.165, 1.54) is 61.2 Å². The van der Waals surface area contributed by atoms with E-state index in [9.17, 15) is 0 Å². The van der Waals surface area contributed by atoms with Gasteiger partial charge in [0.25, 0.3) is 0 Å². The van der Waals surface area contributed by atoms with Crippen LogP contribution >= 0.6 is 0 Å². The van der Waals surface area contributed by atoms with Gasteiger partial charge in [0.05, 0.1) is 17.1 Å². The third-order valence-corrected chi connectivity index (χ3v) is 8.06. The van der Waals surface area contributed by atoms with Crippen molar-refractivity contribution in [1.29, 1.82) is 0 Å². The van der Waals surface area contributed by atoms with Gasteiger partial charge in [-0.2, -0.15) is 0 Å². The summed E-state index contributed by atoms with van der Waals surface area (Å²) in [5, 5.41) is 2.67. The number of benzene rings is 4. The molecule has 2 aliphatic rings. The Hall–Kier alpha value is -3.06. The van der Waals surface area contributed by atoms with E-state index in [1.54, 1.807) is 0 Å². The average Bonchev–Trinajstić information content (AvgIpc) is 2.77. The first-order valence-electron chi connectivity index (χ1n) is 12.6. The van der Waals surface area contributed by atoms with Gasteiger partial charge in [-0.15, -0.1) is 0 Å². The maximum Gasteiger partial charge on any atom is 0.0581 e. The summed E-state index contributed by atoms with van der Waals surface area (Å²) in [5.41, 5.74) is 12.4. The SMILES string of the molecule is CC(C)(C)c1ccc2c(c1)C(C)(C)c1cc(C(C)(C)C)cc3c1N2c1cccc2cccc-3c12. The predicted molar refractivity (Wildman–Crippen MR) is 147 cm³/mol. The van der Waals surface area contributed by atoms with Crippen molar-refractivity contribution in [3.63, 3.8) is 0 Å². The fourth-order valence-electron chi connectivity index (χ4n) is 5.94. The van der Waals surface area contributed by atoms with E-state index in [0.717, 1.165) is 0 Å². The van der Waals surface area contributed by atoms with E-state index >= 15 is 0 Å². The number of anilines is 3. The summed E-state index contributed by atoms with van der Waals surface area (Å²) in [4.78, 5) is 2.56. The van der Waals surface area contributed by atoms with Crippen LogP contribution in [0.2, 0.25) is 0 Å². The summed E-state index contributed by atoms with van der Waals surface area (Å²) < 4.78 is 0. The second-order valence-electron chi connectivity index (χ2n) is 12.8. The van der Waals surface area contributed by atoms with Crippen LogP contribution in [0.5, 0.6) is 0 Å². The Morgan fingerprint density at radius 3 is 1.94 bits per heavy atom. The quantitative estimate of drug-likeness (QED) is 0.229. The fraction of sp³-hybridized carbons (Fsp3) is 0.333. The zero-order chi connectivity index (χ0) is 24.2. The molecule has 1 nitrogen and oxygen atoms in total. The van der Waals surface area contributed by atoms with Crippen LogP contribution < -0.4 is 4.90 Å². The Bertz CT molecular complexity index is 1480. The van der Waals surface area contributed by atoms with E-state index in [0.29, 0.717) is 0 Å². The van der Waals surface area contributed by atoms with Gasteiger partial charge in [-0.1, -0.05) is 104 Å². The molecule has 4 aromatic rings. The average molecular weight is 446 g/mol. The molecule has 0 radical (unpaired) electrons. The molecule has 0 fully saturated rings. The van der Waals surface area contributed by atoms with Crippen molar-refractivity contribution in [2.24, 2.45) is 0 Å². The number of rotatable bonds is 0. The summed E-state index contributed by atoms with van der Waals surface area (Å²) in [7, 11) is 0. The molecular formula is C33H35N. The van der Waals surface area contributed by atoms with Crippen LogP contribution in [-0.2, 0) is 16.2 Å². The lowest BCUT2D eigenvalue weighted by Gasteiger charge is -2.46. The third-order valence-electron chi connectivity index (χ3n) is 8.06. The van der Waals surface area contributed by atoms with E-state index in [1.807, 2.05) is 0 Å². The first-order valence-corrected chi connectivity index (χ1v) is 12.6. The lowest BCUT2D eigenvalue weighted by atomic mass is 9.68. The number of hydrogen-bond acceptors (Lipinski definition) is 1. The molecule has 6 rings (SSSR count). The van der Waals surface area contributed by atoms with Gasteiger partial charge in [0.1, 0.15) is 0 Å². The lowest BCUT2D eigenvalue weighted by Crippen LogP contribution is -2.33. The minimum atomic E-state index is -0.0986. The van der Waals surface area contributed by atoms with Crippen LogP contribution in [-0.4, -0.2) is 0 Å². The number of nitrogens with zero attached hydrogens (tertiary/aromatic N) is 1. The molecule has 0 unspecified atom stereocenters. The molecule has 0 bridgehead atoms. The zero-order valence-electron chi connectivity index (χ0n) is 21.8. The van der Waals surface area contributed by atoms with Gasteiger partial charge in [-0.25, -0.2) is 0 Å². The Morgan fingerprint density at radius 1 is 0.618 bits per heavy atom. The van der Waals surface area contributed by atoms with Gasteiger partial charge in [0, 0.05) is 16.4 Å². The molecule has 0 aliphatic carbocycles. The molecule has 0 saturated carbocycles. The van der Waals surface area contributed by atoms with Crippen molar-refractivity contribution in [3.05, 3.63) is 89.0 Å². The van der Waals surface area contributed by atoms with Crippen LogP contribution in [0.3, 0.4) is 0 Å². The number of fused-ring (bicyclic) bond motifs is 4. The molecule has 0 aromatic heterocycles. The molecule has 2 heterocycles. The highest BCUT2D eigenvalue weighted by Crippen LogP contribution is 2.60.